The summed E-state index contributed by atoms with van der Waals surface area (Å²) in [6, 6.07) is 20.3. The smallest absolute Gasteiger partial charge is 0.335 e. The molecule has 0 spiro atoms. The quantitative estimate of drug-likeness (QED) is 0.322. The number of hydrogen-bond acceptors (Lipinski definition) is 6. The second kappa shape index (κ2) is 11.9. The third kappa shape index (κ3) is 6.08. The average molecular weight is 557 g/mol. The number of aromatic carboxylic acids is 1. The van der Waals surface area contributed by atoms with E-state index in [0.29, 0.717) is 34.9 Å². The number of halogens is 1. The summed E-state index contributed by atoms with van der Waals surface area (Å²) >= 11 is 6.22. The zero-order chi connectivity index (χ0) is 28.1. The van der Waals surface area contributed by atoms with Gasteiger partial charge >= 0.3 is 5.97 Å². The number of aromatic nitrogens is 4. The molecule has 5 rings (SSSR count). The molecule has 202 valence electrons. The van der Waals surface area contributed by atoms with Crippen molar-refractivity contribution >= 4 is 41.1 Å². The fourth-order valence-corrected chi connectivity index (χ4v) is 4.98. The Morgan fingerprint density at radius 3 is 2.48 bits per heavy atom. The van der Waals surface area contributed by atoms with Crippen molar-refractivity contribution in [2.45, 2.75) is 24.8 Å². The Bertz CT molecular complexity index is 1540. The van der Waals surface area contributed by atoms with Gasteiger partial charge in [0.15, 0.2) is 0 Å². The van der Waals surface area contributed by atoms with Gasteiger partial charge in [-0.3, -0.25) is 9.59 Å². The monoisotopic (exact) mass is 556 g/mol. The second-order valence-electron chi connectivity index (χ2n) is 9.35. The van der Waals surface area contributed by atoms with Crippen LogP contribution < -0.4 is 5.32 Å². The summed E-state index contributed by atoms with van der Waals surface area (Å²) in [6.45, 7) is 0.360. The number of piperidine rings is 1. The highest BCUT2D eigenvalue weighted by Crippen LogP contribution is 2.31. The standard InChI is InChI=1S/C29H25ClN6O4/c30-23-10-14-25(36-18-31-33-34-36)21(16-23)9-15-27(37)35-17-22(19-4-2-1-3-5-19)8-13-26(35)28(38)32-24-11-6-20(7-12-24)29(39)40/h1-7,9-12,14-16,18,22,26H,8,13,17H2,(H,32,38)(H,39,40). The Morgan fingerprint density at radius 2 is 1.77 bits per heavy atom. The van der Waals surface area contributed by atoms with Crippen LogP contribution in [0.4, 0.5) is 5.69 Å². The van der Waals surface area contributed by atoms with Crippen molar-refractivity contribution in [2.24, 2.45) is 0 Å². The molecule has 2 unspecified atom stereocenters. The maximum absolute atomic E-state index is 13.6. The van der Waals surface area contributed by atoms with Crippen molar-refractivity contribution in [1.82, 2.24) is 25.1 Å². The van der Waals surface area contributed by atoms with Gasteiger partial charge in [-0.25, -0.2) is 4.79 Å². The molecule has 2 amide bonds. The van der Waals surface area contributed by atoms with Gasteiger partial charge in [0.05, 0.1) is 11.3 Å². The number of carbonyl (C=O) groups excluding carboxylic acids is 2. The van der Waals surface area contributed by atoms with Crippen molar-refractivity contribution in [1.29, 1.82) is 0 Å². The van der Waals surface area contributed by atoms with E-state index in [4.69, 9.17) is 16.7 Å². The van der Waals surface area contributed by atoms with Gasteiger partial charge in [-0.2, -0.15) is 4.68 Å². The molecule has 2 N–H and O–H groups in total. The lowest BCUT2D eigenvalue weighted by molar-refractivity contribution is -0.136. The van der Waals surface area contributed by atoms with Crippen molar-refractivity contribution in [3.05, 3.63) is 107 Å². The van der Waals surface area contributed by atoms with Crippen LogP contribution in [0.5, 0.6) is 0 Å². The highest BCUT2D eigenvalue weighted by atomic mass is 35.5. The molecule has 3 aromatic carbocycles. The average Bonchev–Trinajstić information content (AvgIpc) is 3.51. The van der Waals surface area contributed by atoms with Gasteiger partial charge in [0.2, 0.25) is 11.8 Å². The molecule has 0 radical (unpaired) electrons. The van der Waals surface area contributed by atoms with Crippen molar-refractivity contribution in [3.8, 4) is 5.69 Å². The number of carboxylic acids is 1. The van der Waals surface area contributed by atoms with Crippen LogP contribution in [-0.4, -0.2) is 60.6 Å². The van der Waals surface area contributed by atoms with Crippen LogP contribution in [-0.2, 0) is 9.59 Å². The van der Waals surface area contributed by atoms with E-state index in [0.717, 1.165) is 12.0 Å². The van der Waals surface area contributed by atoms with Crippen molar-refractivity contribution in [2.75, 3.05) is 11.9 Å². The summed E-state index contributed by atoms with van der Waals surface area (Å²) in [5.74, 6) is -1.65. The van der Waals surface area contributed by atoms with E-state index >= 15 is 0 Å². The normalized spacial score (nSPS) is 17.1. The molecule has 2 atom stereocenters. The molecule has 1 aromatic heterocycles. The van der Waals surface area contributed by atoms with Crippen molar-refractivity contribution in [3.63, 3.8) is 0 Å². The van der Waals surface area contributed by atoms with Gasteiger partial charge < -0.3 is 15.3 Å². The zero-order valence-electron chi connectivity index (χ0n) is 21.2. The number of anilines is 1. The van der Waals surface area contributed by atoms with Gasteiger partial charge in [-0.05, 0) is 77.4 Å². The Balaban J connectivity index is 1.40. The third-order valence-electron chi connectivity index (χ3n) is 6.83. The number of nitrogens with zero attached hydrogens (tertiary/aromatic N) is 5. The highest BCUT2D eigenvalue weighted by molar-refractivity contribution is 6.30. The molecular formula is C29H25ClN6O4. The summed E-state index contributed by atoms with van der Waals surface area (Å²) in [7, 11) is 0. The number of likely N-dealkylation sites (tertiary alicyclic amines) is 1. The first-order valence-electron chi connectivity index (χ1n) is 12.6. The van der Waals surface area contributed by atoms with Crippen molar-refractivity contribution < 1.29 is 19.5 Å². The number of amides is 2. The minimum Gasteiger partial charge on any atom is -0.478 e. The maximum Gasteiger partial charge on any atom is 0.335 e. The molecule has 0 bridgehead atoms. The molecule has 1 aliphatic rings. The van der Waals surface area contributed by atoms with Gasteiger partial charge in [-0.15, -0.1) is 5.10 Å². The van der Waals surface area contributed by atoms with Crippen LogP contribution >= 0.6 is 11.6 Å². The molecule has 1 aliphatic heterocycles. The van der Waals surface area contributed by atoms with Crippen LogP contribution in [0.2, 0.25) is 5.02 Å². The first-order valence-corrected chi connectivity index (χ1v) is 13.0. The van der Waals surface area contributed by atoms with Gasteiger partial charge in [0, 0.05) is 34.8 Å². The summed E-state index contributed by atoms with van der Waals surface area (Å²) in [6.07, 6.45) is 5.70. The second-order valence-corrected chi connectivity index (χ2v) is 9.79. The van der Waals surface area contributed by atoms with E-state index in [1.807, 2.05) is 30.3 Å². The maximum atomic E-state index is 13.6. The Morgan fingerprint density at radius 1 is 1.00 bits per heavy atom. The van der Waals surface area contributed by atoms with Crippen LogP contribution in [0.15, 0.2) is 85.2 Å². The minimum absolute atomic E-state index is 0.0698. The highest BCUT2D eigenvalue weighted by Gasteiger charge is 2.35. The van der Waals surface area contributed by atoms with E-state index in [9.17, 15) is 14.4 Å². The molecule has 4 aromatic rings. The first kappa shape index (κ1) is 26.8. The predicted octanol–water partition coefficient (Wildman–Crippen LogP) is 4.44. The molecule has 0 saturated carbocycles. The van der Waals surface area contributed by atoms with E-state index in [1.54, 1.807) is 29.2 Å². The molecule has 1 saturated heterocycles. The number of rotatable bonds is 7. The number of benzene rings is 3. The zero-order valence-corrected chi connectivity index (χ0v) is 22.0. The topological polar surface area (TPSA) is 130 Å². The number of hydrogen-bond donors (Lipinski definition) is 2. The number of tetrazole rings is 1. The Labute approximate surface area is 234 Å². The molecule has 10 nitrogen and oxygen atoms in total. The molecule has 11 heteroatoms. The largest absolute Gasteiger partial charge is 0.478 e. The molecule has 1 fully saturated rings. The van der Waals surface area contributed by atoms with E-state index in [-0.39, 0.29) is 23.3 Å². The number of carbonyl (C=O) groups is 3. The minimum atomic E-state index is -1.05. The van der Waals surface area contributed by atoms with Crippen LogP contribution in [0.25, 0.3) is 11.8 Å². The van der Waals surface area contributed by atoms with E-state index in [1.165, 1.54) is 41.4 Å². The van der Waals surface area contributed by atoms with Gasteiger partial charge in [-0.1, -0.05) is 41.9 Å². The molecule has 40 heavy (non-hydrogen) atoms. The Kier molecular flexibility index (Phi) is 7.97. The van der Waals surface area contributed by atoms with Crippen LogP contribution in [0, 0.1) is 0 Å². The lowest BCUT2D eigenvalue weighted by Gasteiger charge is -2.38. The summed E-state index contributed by atoms with van der Waals surface area (Å²) in [5.41, 5.74) is 2.93. The number of carboxylic acid groups (broad SMARTS) is 1. The predicted molar refractivity (Wildman–Crippen MR) is 149 cm³/mol. The van der Waals surface area contributed by atoms with E-state index in [2.05, 4.69) is 20.8 Å². The van der Waals surface area contributed by atoms with Crippen LogP contribution in [0.3, 0.4) is 0 Å². The Hall–Kier alpha value is -4.83. The number of nitrogens with one attached hydrogen (secondary N) is 1. The van der Waals surface area contributed by atoms with Gasteiger partial charge in [0.25, 0.3) is 0 Å². The van der Waals surface area contributed by atoms with E-state index < -0.39 is 12.0 Å². The fraction of sp³-hybridized carbons (Fsp3) is 0.172. The summed E-state index contributed by atoms with van der Waals surface area (Å²) in [4.78, 5) is 39.8. The third-order valence-corrected chi connectivity index (χ3v) is 7.06. The molecular weight excluding hydrogens is 532 g/mol. The summed E-state index contributed by atoms with van der Waals surface area (Å²) in [5, 5.41) is 23.7. The lowest BCUT2D eigenvalue weighted by Crippen LogP contribution is -2.51. The SMILES string of the molecule is O=C(O)c1ccc(NC(=O)C2CCC(c3ccccc3)CN2C(=O)C=Cc2cc(Cl)ccc2-n2cnnn2)cc1. The lowest BCUT2D eigenvalue weighted by atomic mass is 9.87. The first-order chi connectivity index (χ1) is 19.4. The summed E-state index contributed by atoms with van der Waals surface area (Å²) < 4.78 is 1.47. The van der Waals surface area contributed by atoms with Gasteiger partial charge in [0.1, 0.15) is 12.4 Å². The molecule has 2 heterocycles. The van der Waals surface area contributed by atoms with Crippen LogP contribution in [0.1, 0.15) is 40.2 Å². The fourth-order valence-electron chi connectivity index (χ4n) is 4.80. The molecule has 0 aliphatic carbocycles.